The third-order valence-corrected chi connectivity index (χ3v) is 4.74. The highest BCUT2D eigenvalue weighted by atomic mass is 32.1. The number of nitrogens with one attached hydrogen (secondary N) is 1. The Labute approximate surface area is 145 Å². The van der Waals surface area contributed by atoms with Crippen LogP contribution in [0.1, 0.15) is 33.8 Å². The van der Waals surface area contributed by atoms with Gasteiger partial charge in [-0.3, -0.25) is 4.79 Å². The Bertz CT molecular complexity index is 767. The van der Waals surface area contributed by atoms with Crippen LogP contribution >= 0.6 is 11.3 Å². The molecule has 1 heterocycles. The van der Waals surface area contributed by atoms with E-state index in [1.54, 1.807) is 11.3 Å². The smallest absolute Gasteiger partial charge is 0.251 e. The van der Waals surface area contributed by atoms with Gasteiger partial charge in [-0.15, -0.1) is 11.3 Å². The predicted octanol–water partition coefficient (Wildman–Crippen LogP) is 4.82. The second-order valence-electron chi connectivity index (χ2n) is 5.51. The van der Waals surface area contributed by atoms with E-state index in [-0.39, 0.29) is 11.9 Å². The zero-order valence-corrected chi connectivity index (χ0v) is 14.3. The summed E-state index contributed by atoms with van der Waals surface area (Å²) in [4.78, 5) is 13.5. The molecule has 1 N–H and O–H groups in total. The number of carbonyl (C=O) groups excluding carboxylic acids is 1. The van der Waals surface area contributed by atoms with Crippen molar-refractivity contribution in [3.8, 4) is 5.75 Å². The van der Waals surface area contributed by atoms with E-state index in [0.29, 0.717) is 12.2 Å². The van der Waals surface area contributed by atoms with Gasteiger partial charge in [-0.05, 0) is 48.2 Å². The average molecular weight is 337 g/mol. The monoisotopic (exact) mass is 337 g/mol. The summed E-state index contributed by atoms with van der Waals surface area (Å²) in [6, 6.07) is 21.2. The van der Waals surface area contributed by atoms with E-state index in [2.05, 4.69) is 5.32 Å². The van der Waals surface area contributed by atoms with Crippen LogP contribution in [-0.2, 0) is 6.61 Å². The highest BCUT2D eigenvalue weighted by Gasteiger charge is 2.12. The average Bonchev–Trinajstić information content (AvgIpc) is 3.16. The molecule has 24 heavy (non-hydrogen) atoms. The summed E-state index contributed by atoms with van der Waals surface area (Å²) in [5.41, 5.74) is 1.68. The molecule has 0 spiro atoms. The molecule has 3 rings (SSSR count). The van der Waals surface area contributed by atoms with E-state index in [9.17, 15) is 4.79 Å². The van der Waals surface area contributed by atoms with E-state index in [0.717, 1.165) is 16.2 Å². The molecule has 3 aromatic rings. The number of carbonyl (C=O) groups is 1. The van der Waals surface area contributed by atoms with E-state index in [1.165, 1.54) is 0 Å². The molecule has 0 radical (unpaired) electrons. The number of ether oxygens (including phenoxy) is 1. The lowest BCUT2D eigenvalue weighted by molar-refractivity contribution is 0.0940. The number of benzene rings is 2. The molecule has 1 amide bonds. The molecule has 0 aliphatic carbocycles. The first kappa shape index (κ1) is 16.3. The molecular formula is C20H19NO2S. The molecule has 0 saturated heterocycles. The lowest BCUT2D eigenvalue weighted by Crippen LogP contribution is -2.26. The maximum atomic E-state index is 12.3. The van der Waals surface area contributed by atoms with Crippen molar-refractivity contribution in [2.24, 2.45) is 0 Å². The largest absolute Gasteiger partial charge is 0.489 e. The Hall–Kier alpha value is -2.59. The number of para-hydroxylation sites is 1. The van der Waals surface area contributed by atoms with Gasteiger partial charge in [-0.25, -0.2) is 0 Å². The van der Waals surface area contributed by atoms with Gasteiger partial charge in [0.2, 0.25) is 0 Å². The Kier molecular flexibility index (Phi) is 5.29. The SMILES string of the molecule is CC(NC(=O)c1ccc(COc2ccccc2)cc1)c1cccs1. The molecule has 1 atom stereocenters. The van der Waals surface area contributed by atoms with Crippen LogP contribution in [0.3, 0.4) is 0 Å². The summed E-state index contributed by atoms with van der Waals surface area (Å²) in [6.07, 6.45) is 0. The summed E-state index contributed by atoms with van der Waals surface area (Å²) >= 11 is 1.64. The topological polar surface area (TPSA) is 38.3 Å². The molecule has 3 nitrogen and oxygen atoms in total. The quantitative estimate of drug-likeness (QED) is 0.700. The number of amides is 1. The predicted molar refractivity (Wildman–Crippen MR) is 97.4 cm³/mol. The Morgan fingerprint density at radius 1 is 1.04 bits per heavy atom. The lowest BCUT2D eigenvalue weighted by Gasteiger charge is -2.12. The van der Waals surface area contributed by atoms with Crippen LogP contribution in [0.25, 0.3) is 0 Å². The Morgan fingerprint density at radius 3 is 2.46 bits per heavy atom. The van der Waals surface area contributed by atoms with Crippen LogP contribution in [0.5, 0.6) is 5.75 Å². The minimum Gasteiger partial charge on any atom is -0.489 e. The highest BCUT2D eigenvalue weighted by molar-refractivity contribution is 7.10. The first-order valence-corrected chi connectivity index (χ1v) is 8.71. The third-order valence-electron chi connectivity index (χ3n) is 3.68. The minimum absolute atomic E-state index is 0.0126. The van der Waals surface area contributed by atoms with Crippen molar-refractivity contribution in [2.75, 3.05) is 0 Å². The summed E-state index contributed by atoms with van der Waals surface area (Å²) in [5.74, 6) is 0.774. The number of hydrogen-bond donors (Lipinski definition) is 1. The molecule has 2 aromatic carbocycles. The zero-order chi connectivity index (χ0) is 16.8. The Balaban J connectivity index is 1.56. The van der Waals surface area contributed by atoms with E-state index >= 15 is 0 Å². The van der Waals surface area contributed by atoms with Crippen LogP contribution in [0, 0.1) is 0 Å². The van der Waals surface area contributed by atoms with Gasteiger partial charge < -0.3 is 10.1 Å². The van der Waals surface area contributed by atoms with Crippen molar-refractivity contribution in [1.29, 1.82) is 0 Å². The summed E-state index contributed by atoms with van der Waals surface area (Å²) in [5, 5.41) is 5.03. The first-order valence-electron chi connectivity index (χ1n) is 7.83. The van der Waals surface area contributed by atoms with Crippen molar-refractivity contribution >= 4 is 17.2 Å². The molecule has 4 heteroatoms. The van der Waals surface area contributed by atoms with Crippen molar-refractivity contribution in [3.63, 3.8) is 0 Å². The van der Waals surface area contributed by atoms with Gasteiger partial charge in [0.1, 0.15) is 12.4 Å². The van der Waals surface area contributed by atoms with Crippen molar-refractivity contribution in [2.45, 2.75) is 19.6 Å². The molecule has 0 bridgehead atoms. The molecule has 0 saturated carbocycles. The lowest BCUT2D eigenvalue weighted by atomic mass is 10.1. The molecular weight excluding hydrogens is 318 g/mol. The molecule has 0 aliphatic heterocycles. The fraction of sp³-hybridized carbons (Fsp3) is 0.150. The van der Waals surface area contributed by atoms with E-state index in [1.807, 2.05) is 79.0 Å². The summed E-state index contributed by atoms with van der Waals surface area (Å²) in [7, 11) is 0. The van der Waals surface area contributed by atoms with Crippen molar-refractivity contribution < 1.29 is 9.53 Å². The molecule has 122 valence electrons. The van der Waals surface area contributed by atoms with Crippen LogP contribution in [0.2, 0.25) is 0 Å². The number of hydrogen-bond acceptors (Lipinski definition) is 3. The first-order chi connectivity index (χ1) is 11.7. The normalized spacial score (nSPS) is 11.7. The number of thiophene rings is 1. The van der Waals surface area contributed by atoms with Crippen LogP contribution < -0.4 is 10.1 Å². The van der Waals surface area contributed by atoms with Gasteiger partial charge in [0.15, 0.2) is 0 Å². The van der Waals surface area contributed by atoms with Gasteiger partial charge >= 0.3 is 0 Å². The molecule has 0 aliphatic rings. The van der Waals surface area contributed by atoms with Gasteiger partial charge in [0, 0.05) is 10.4 Å². The number of rotatable bonds is 6. The summed E-state index contributed by atoms with van der Waals surface area (Å²) < 4.78 is 5.71. The maximum Gasteiger partial charge on any atom is 0.251 e. The van der Waals surface area contributed by atoms with Gasteiger partial charge in [0.05, 0.1) is 6.04 Å². The Morgan fingerprint density at radius 2 is 1.79 bits per heavy atom. The van der Waals surface area contributed by atoms with Gasteiger partial charge in [-0.2, -0.15) is 0 Å². The standard InChI is InChI=1S/C20H19NO2S/c1-15(19-8-5-13-24-19)21-20(22)17-11-9-16(10-12-17)14-23-18-6-3-2-4-7-18/h2-13,15H,14H2,1H3,(H,21,22). The second kappa shape index (κ2) is 7.79. The molecule has 0 fully saturated rings. The van der Waals surface area contributed by atoms with Crippen LogP contribution in [-0.4, -0.2) is 5.91 Å². The molecule has 1 aromatic heterocycles. The van der Waals surface area contributed by atoms with Gasteiger partial charge in [0.25, 0.3) is 5.91 Å². The third kappa shape index (κ3) is 4.24. The minimum atomic E-state index is -0.0635. The highest BCUT2D eigenvalue weighted by Crippen LogP contribution is 2.19. The van der Waals surface area contributed by atoms with Gasteiger partial charge in [-0.1, -0.05) is 36.4 Å². The maximum absolute atomic E-state index is 12.3. The van der Waals surface area contributed by atoms with Crippen LogP contribution in [0.4, 0.5) is 0 Å². The fourth-order valence-corrected chi connectivity index (χ4v) is 3.06. The van der Waals surface area contributed by atoms with E-state index < -0.39 is 0 Å². The fourth-order valence-electron chi connectivity index (χ4n) is 2.32. The van der Waals surface area contributed by atoms with Crippen LogP contribution in [0.15, 0.2) is 72.1 Å². The zero-order valence-electron chi connectivity index (χ0n) is 13.4. The summed E-state index contributed by atoms with van der Waals surface area (Å²) in [6.45, 7) is 2.48. The second-order valence-corrected chi connectivity index (χ2v) is 6.49. The van der Waals surface area contributed by atoms with Crippen molar-refractivity contribution in [1.82, 2.24) is 5.32 Å². The molecule has 1 unspecified atom stereocenters. The van der Waals surface area contributed by atoms with E-state index in [4.69, 9.17) is 4.74 Å². The van der Waals surface area contributed by atoms with Crippen molar-refractivity contribution in [3.05, 3.63) is 88.1 Å².